The molecular weight excluding hydrogens is 338 g/mol. The number of benzene rings is 5. The molecule has 0 bridgehead atoms. The molecule has 0 spiro atoms. The highest BCUT2D eigenvalue weighted by molar-refractivity contribution is 5.92. The van der Waals surface area contributed by atoms with E-state index in [0.29, 0.717) is 0 Å². The van der Waals surface area contributed by atoms with Gasteiger partial charge >= 0.3 is 0 Å². The SMILES string of the molecule is Cc1cc(-c2ccccc2)cc2ccccc12.Nc1cccc2ccccc12. The molecule has 0 radical (unpaired) electrons. The molecule has 0 aliphatic carbocycles. The molecule has 0 amide bonds. The molecule has 0 fully saturated rings. The second-order valence-corrected chi connectivity index (χ2v) is 6.95. The summed E-state index contributed by atoms with van der Waals surface area (Å²) in [4.78, 5) is 0. The van der Waals surface area contributed by atoms with Crippen LogP contribution < -0.4 is 5.73 Å². The van der Waals surface area contributed by atoms with Gasteiger partial charge in [-0.1, -0.05) is 97.1 Å². The number of hydrogen-bond donors (Lipinski definition) is 1. The minimum Gasteiger partial charge on any atom is -0.398 e. The predicted molar refractivity (Wildman–Crippen MR) is 122 cm³/mol. The first kappa shape index (κ1) is 17.8. The van der Waals surface area contributed by atoms with E-state index < -0.39 is 0 Å². The quantitative estimate of drug-likeness (QED) is 0.313. The van der Waals surface area contributed by atoms with Crippen LogP contribution in [0.4, 0.5) is 5.69 Å². The van der Waals surface area contributed by atoms with Crippen LogP contribution in [0.5, 0.6) is 0 Å². The molecular formula is C27H23N. The van der Waals surface area contributed by atoms with Gasteiger partial charge in [0.2, 0.25) is 0 Å². The van der Waals surface area contributed by atoms with Crippen LogP contribution in [0, 0.1) is 6.92 Å². The largest absolute Gasteiger partial charge is 0.398 e. The van der Waals surface area contributed by atoms with Crippen LogP contribution in [0.1, 0.15) is 5.56 Å². The van der Waals surface area contributed by atoms with E-state index >= 15 is 0 Å². The van der Waals surface area contributed by atoms with Crippen molar-refractivity contribution in [2.75, 3.05) is 5.73 Å². The lowest BCUT2D eigenvalue weighted by Crippen LogP contribution is -1.84. The molecule has 1 nitrogen and oxygen atoms in total. The molecule has 0 heterocycles. The molecule has 5 aromatic carbocycles. The number of hydrogen-bond acceptors (Lipinski definition) is 1. The second kappa shape index (κ2) is 7.98. The Morgan fingerprint density at radius 3 is 1.86 bits per heavy atom. The summed E-state index contributed by atoms with van der Waals surface area (Å²) < 4.78 is 0. The van der Waals surface area contributed by atoms with Crippen molar-refractivity contribution in [3.8, 4) is 11.1 Å². The minimum atomic E-state index is 0.850. The summed E-state index contributed by atoms with van der Waals surface area (Å²) in [7, 11) is 0. The Bertz CT molecular complexity index is 1220. The maximum atomic E-state index is 5.76. The molecule has 5 rings (SSSR count). The summed E-state index contributed by atoms with van der Waals surface area (Å²) in [5.74, 6) is 0. The number of rotatable bonds is 1. The van der Waals surface area contributed by atoms with Crippen molar-refractivity contribution in [2.24, 2.45) is 0 Å². The van der Waals surface area contributed by atoms with Crippen LogP contribution in [-0.4, -0.2) is 0 Å². The Morgan fingerprint density at radius 2 is 1.11 bits per heavy atom. The topological polar surface area (TPSA) is 26.0 Å². The lowest BCUT2D eigenvalue weighted by atomic mass is 9.98. The van der Waals surface area contributed by atoms with Gasteiger partial charge in [-0.3, -0.25) is 0 Å². The smallest absolute Gasteiger partial charge is 0.0393 e. The van der Waals surface area contributed by atoms with Crippen molar-refractivity contribution in [1.82, 2.24) is 0 Å². The Hall–Kier alpha value is -3.58. The monoisotopic (exact) mass is 361 g/mol. The summed E-state index contributed by atoms with van der Waals surface area (Å²) in [5, 5.41) is 4.99. The van der Waals surface area contributed by atoms with Crippen LogP contribution in [-0.2, 0) is 0 Å². The van der Waals surface area contributed by atoms with Gasteiger partial charge in [0.05, 0.1) is 0 Å². The van der Waals surface area contributed by atoms with Crippen LogP contribution in [0.3, 0.4) is 0 Å². The molecule has 136 valence electrons. The van der Waals surface area contributed by atoms with Crippen LogP contribution in [0.15, 0.2) is 109 Å². The summed E-state index contributed by atoms with van der Waals surface area (Å²) in [5.41, 5.74) is 10.5. The molecule has 28 heavy (non-hydrogen) atoms. The molecule has 0 saturated carbocycles. The van der Waals surface area contributed by atoms with Gasteiger partial charge in [0.25, 0.3) is 0 Å². The molecule has 0 atom stereocenters. The molecule has 5 aromatic rings. The third-order valence-corrected chi connectivity index (χ3v) is 5.00. The Morgan fingerprint density at radius 1 is 0.500 bits per heavy atom. The molecule has 0 aliphatic rings. The Balaban J connectivity index is 0.000000151. The first-order valence-electron chi connectivity index (χ1n) is 9.50. The minimum absolute atomic E-state index is 0.850. The first-order valence-corrected chi connectivity index (χ1v) is 9.50. The first-order chi connectivity index (χ1) is 13.7. The van der Waals surface area contributed by atoms with E-state index in [1.54, 1.807) is 0 Å². The van der Waals surface area contributed by atoms with Crippen molar-refractivity contribution in [1.29, 1.82) is 0 Å². The average Bonchev–Trinajstić information content (AvgIpc) is 2.75. The summed E-state index contributed by atoms with van der Waals surface area (Å²) in [6.45, 7) is 2.18. The van der Waals surface area contributed by atoms with E-state index in [-0.39, 0.29) is 0 Å². The second-order valence-electron chi connectivity index (χ2n) is 6.95. The van der Waals surface area contributed by atoms with E-state index in [1.165, 1.54) is 32.8 Å². The van der Waals surface area contributed by atoms with Crippen molar-refractivity contribution in [2.45, 2.75) is 6.92 Å². The molecule has 1 heteroatoms. The highest BCUT2D eigenvalue weighted by atomic mass is 14.5. The molecule has 0 unspecified atom stereocenters. The van der Waals surface area contributed by atoms with Gasteiger partial charge in [0.1, 0.15) is 0 Å². The van der Waals surface area contributed by atoms with Crippen molar-refractivity contribution < 1.29 is 0 Å². The maximum Gasteiger partial charge on any atom is 0.0393 e. The van der Waals surface area contributed by atoms with Gasteiger partial charge in [-0.05, 0) is 51.9 Å². The summed E-state index contributed by atoms with van der Waals surface area (Å²) >= 11 is 0. The van der Waals surface area contributed by atoms with E-state index in [2.05, 4.69) is 85.8 Å². The van der Waals surface area contributed by atoms with Gasteiger partial charge in [0.15, 0.2) is 0 Å². The molecule has 2 N–H and O–H groups in total. The zero-order valence-corrected chi connectivity index (χ0v) is 16.0. The average molecular weight is 361 g/mol. The summed E-state index contributed by atoms with van der Waals surface area (Å²) in [6, 6.07) is 37.7. The Labute approximate surface area is 166 Å². The van der Waals surface area contributed by atoms with E-state index in [0.717, 1.165) is 11.1 Å². The van der Waals surface area contributed by atoms with E-state index in [1.807, 2.05) is 30.3 Å². The summed E-state index contributed by atoms with van der Waals surface area (Å²) in [6.07, 6.45) is 0. The highest BCUT2D eigenvalue weighted by Crippen LogP contribution is 2.27. The molecule has 0 aliphatic heterocycles. The predicted octanol–water partition coefficient (Wildman–Crippen LogP) is 7.24. The third-order valence-electron chi connectivity index (χ3n) is 5.00. The van der Waals surface area contributed by atoms with Crippen molar-refractivity contribution in [3.63, 3.8) is 0 Å². The normalized spacial score (nSPS) is 10.5. The maximum absolute atomic E-state index is 5.76. The Kier molecular flexibility index (Phi) is 5.07. The van der Waals surface area contributed by atoms with Gasteiger partial charge in [0, 0.05) is 11.1 Å². The van der Waals surface area contributed by atoms with E-state index in [9.17, 15) is 0 Å². The lowest BCUT2D eigenvalue weighted by molar-refractivity contribution is 1.52. The third kappa shape index (κ3) is 3.74. The fraction of sp³-hybridized carbons (Fsp3) is 0.0370. The van der Waals surface area contributed by atoms with Gasteiger partial charge in [-0.25, -0.2) is 0 Å². The zero-order chi connectivity index (χ0) is 19.3. The fourth-order valence-corrected chi connectivity index (χ4v) is 3.55. The molecule has 0 saturated heterocycles. The van der Waals surface area contributed by atoms with Crippen molar-refractivity contribution in [3.05, 3.63) is 115 Å². The fourth-order valence-electron chi connectivity index (χ4n) is 3.55. The molecule has 0 aromatic heterocycles. The number of fused-ring (bicyclic) bond motifs is 2. The zero-order valence-electron chi connectivity index (χ0n) is 16.0. The van der Waals surface area contributed by atoms with Gasteiger partial charge < -0.3 is 5.73 Å². The van der Waals surface area contributed by atoms with Crippen LogP contribution >= 0.6 is 0 Å². The standard InChI is InChI=1S/C17H14.C10H9N/c1-13-11-16(14-7-3-2-4-8-14)12-15-9-5-6-10-17(13)15;11-10-7-3-5-8-4-1-2-6-9(8)10/h2-12H,1H3;1-7H,11H2. The number of nitrogen functional groups attached to an aromatic ring is 1. The van der Waals surface area contributed by atoms with Crippen LogP contribution in [0.25, 0.3) is 32.7 Å². The van der Waals surface area contributed by atoms with Gasteiger partial charge in [-0.15, -0.1) is 0 Å². The van der Waals surface area contributed by atoms with Gasteiger partial charge in [-0.2, -0.15) is 0 Å². The van der Waals surface area contributed by atoms with E-state index in [4.69, 9.17) is 5.73 Å². The highest BCUT2D eigenvalue weighted by Gasteiger charge is 2.02. The van der Waals surface area contributed by atoms with Crippen molar-refractivity contribution >= 4 is 27.2 Å². The van der Waals surface area contributed by atoms with Crippen LogP contribution in [0.2, 0.25) is 0 Å². The number of anilines is 1. The number of aryl methyl sites for hydroxylation is 1. The lowest BCUT2D eigenvalue weighted by Gasteiger charge is -2.07. The number of nitrogens with two attached hydrogens (primary N) is 1.